The van der Waals surface area contributed by atoms with Crippen molar-refractivity contribution in [3.05, 3.63) is 52.8 Å². The molecule has 1 aromatic heterocycles. The SMILES string of the molecule is O=C(Cc1cccc(F)c1)c1ccsn1. The maximum absolute atomic E-state index is 12.8. The lowest BCUT2D eigenvalue weighted by atomic mass is 10.1. The Balaban J connectivity index is 2.13. The first-order valence-corrected chi connectivity index (χ1v) is 5.27. The van der Waals surface area contributed by atoms with Gasteiger partial charge in [-0.25, -0.2) is 4.39 Å². The van der Waals surface area contributed by atoms with Crippen LogP contribution < -0.4 is 0 Å². The fourth-order valence-corrected chi connectivity index (χ4v) is 1.81. The molecule has 4 heteroatoms. The largest absolute Gasteiger partial charge is 0.292 e. The highest BCUT2D eigenvalue weighted by atomic mass is 32.1. The molecule has 0 fully saturated rings. The normalized spacial score (nSPS) is 10.2. The van der Waals surface area contributed by atoms with Crippen LogP contribution in [-0.4, -0.2) is 10.2 Å². The maximum atomic E-state index is 12.8. The molecule has 0 aliphatic heterocycles. The van der Waals surface area contributed by atoms with E-state index in [1.807, 2.05) is 0 Å². The molecule has 0 unspecified atom stereocenters. The van der Waals surface area contributed by atoms with Crippen molar-refractivity contribution in [2.24, 2.45) is 0 Å². The molecule has 0 spiro atoms. The first-order chi connectivity index (χ1) is 7.25. The highest BCUT2D eigenvalue weighted by Gasteiger charge is 2.08. The van der Waals surface area contributed by atoms with E-state index in [0.29, 0.717) is 11.3 Å². The van der Waals surface area contributed by atoms with E-state index in [0.717, 1.165) is 0 Å². The van der Waals surface area contributed by atoms with Gasteiger partial charge >= 0.3 is 0 Å². The minimum absolute atomic E-state index is 0.0816. The summed E-state index contributed by atoms with van der Waals surface area (Å²) in [6.07, 6.45) is 0.196. The number of ketones is 1. The number of carbonyl (C=O) groups is 1. The van der Waals surface area contributed by atoms with Crippen molar-refractivity contribution in [2.75, 3.05) is 0 Å². The Morgan fingerprint density at radius 3 is 2.93 bits per heavy atom. The third kappa shape index (κ3) is 2.47. The number of Topliss-reactive ketones (excluding diaryl/α,β-unsaturated/α-hetero) is 1. The van der Waals surface area contributed by atoms with Gasteiger partial charge in [0.25, 0.3) is 0 Å². The first-order valence-electron chi connectivity index (χ1n) is 4.44. The molecule has 0 saturated carbocycles. The molecule has 1 heterocycles. The number of benzene rings is 1. The van der Waals surface area contributed by atoms with Crippen molar-refractivity contribution in [3.8, 4) is 0 Å². The zero-order valence-electron chi connectivity index (χ0n) is 7.81. The van der Waals surface area contributed by atoms with E-state index in [1.54, 1.807) is 23.6 Å². The first kappa shape index (κ1) is 9.98. The monoisotopic (exact) mass is 221 g/mol. The summed E-state index contributed by atoms with van der Waals surface area (Å²) in [5, 5.41) is 1.75. The topological polar surface area (TPSA) is 30.0 Å². The van der Waals surface area contributed by atoms with Gasteiger partial charge in [0, 0.05) is 11.8 Å². The van der Waals surface area contributed by atoms with E-state index < -0.39 is 0 Å². The van der Waals surface area contributed by atoms with Gasteiger partial charge in [-0.3, -0.25) is 4.79 Å². The molecule has 0 bridgehead atoms. The van der Waals surface area contributed by atoms with E-state index in [4.69, 9.17) is 0 Å². The highest BCUT2D eigenvalue weighted by molar-refractivity contribution is 7.03. The van der Waals surface area contributed by atoms with Crippen molar-refractivity contribution in [3.63, 3.8) is 0 Å². The van der Waals surface area contributed by atoms with Crippen LogP contribution in [0.5, 0.6) is 0 Å². The molecule has 15 heavy (non-hydrogen) atoms. The summed E-state index contributed by atoms with van der Waals surface area (Å²) < 4.78 is 16.8. The average Bonchev–Trinajstić information content (AvgIpc) is 2.70. The number of carbonyl (C=O) groups excluding carboxylic acids is 1. The smallest absolute Gasteiger partial charge is 0.186 e. The van der Waals surface area contributed by atoms with Crippen LogP contribution in [0, 0.1) is 5.82 Å². The number of hydrogen-bond donors (Lipinski definition) is 0. The van der Waals surface area contributed by atoms with E-state index in [-0.39, 0.29) is 18.0 Å². The van der Waals surface area contributed by atoms with E-state index in [2.05, 4.69) is 4.37 Å². The molecular formula is C11H8FNOS. The van der Waals surface area contributed by atoms with Crippen LogP contribution in [0.3, 0.4) is 0 Å². The molecule has 0 amide bonds. The molecule has 0 radical (unpaired) electrons. The molecule has 0 atom stereocenters. The van der Waals surface area contributed by atoms with Crippen molar-refractivity contribution in [1.29, 1.82) is 0 Å². The van der Waals surface area contributed by atoms with Gasteiger partial charge < -0.3 is 0 Å². The summed E-state index contributed by atoms with van der Waals surface area (Å²) in [5.74, 6) is -0.402. The Labute approximate surface area is 90.5 Å². The molecular weight excluding hydrogens is 213 g/mol. The number of halogens is 1. The van der Waals surface area contributed by atoms with Gasteiger partial charge in [-0.05, 0) is 35.3 Å². The van der Waals surface area contributed by atoms with Crippen molar-refractivity contribution in [1.82, 2.24) is 4.37 Å². The molecule has 0 aliphatic carbocycles. The van der Waals surface area contributed by atoms with Gasteiger partial charge in [-0.2, -0.15) is 4.37 Å². The van der Waals surface area contributed by atoms with Gasteiger partial charge in [-0.1, -0.05) is 12.1 Å². The second kappa shape index (κ2) is 4.31. The predicted molar refractivity (Wildman–Crippen MR) is 56.5 cm³/mol. The van der Waals surface area contributed by atoms with E-state index in [1.165, 1.54) is 23.7 Å². The van der Waals surface area contributed by atoms with Gasteiger partial charge in [0.15, 0.2) is 5.78 Å². The van der Waals surface area contributed by atoms with Crippen molar-refractivity contribution >= 4 is 17.3 Å². The van der Waals surface area contributed by atoms with Crippen LogP contribution in [-0.2, 0) is 6.42 Å². The average molecular weight is 221 g/mol. The fraction of sp³-hybridized carbons (Fsp3) is 0.0909. The Bertz CT molecular complexity index is 467. The number of nitrogens with zero attached hydrogens (tertiary/aromatic N) is 1. The Kier molecular flexibility index (Phi) is 2.87. The van der Waals surface area contributed by atoms with Gasteiger partial charge in [-0.15, -0.1) is 0 Å². The van der Waals surface area contributed by atoms with Gasteiger partial charge in [0.1, 0.15) is 11.5 Å². The lowest BCUT2D eigenvalue weighted by Gasteiger charge is -1.98. The number of hydrogen-bond acceptors (Lipinski definition) is 3. The van der Waals surface area contributed by atoms with Crippen LogP contribution in [0.25, 0.3) is 0 Å². The molecule has 1 aromatic carbocycles. The van der Waals surface area contributed by atoms with Crippen LogP contribution in [0.4, 0.5) is 4.39 Å². The van der Waals surface area contributed by atoms with Gasteiger partial charge in [0.05, 0.1) is 0 Å². The third-order valence-corrected chi connectivity index (χ3v) is 2.54. The molecule has 2 rings (SSSR count). The van der Waals surface area contributed by atoms with Crippen LogP contribution >= 0.6 is 11.5 Å². The summed E-state index contributed by atoms with van der Waals surface area (Å²) >= 11 is 1.24. The highest BCUT2D eigenvalue weighted by Crippen LogP contribution is 2.09. The molecule has 2 nitrogen and oxygen atoms in total. The maximum Gasteiger partial charge on any atom is 0.186 e. The standard InChI is InChI=1S/C11H8FNOS/c12-9-3-1-2-8(6-9)7-11(14)10-4-5-15-13-10/h1-6H,7H2. The summed E-state index contributed by atoms with van der Waals surface area (Å²) in [6.45, 7) is 0. The second-order valence-electron chi connectivity index (χ2n) is 3.11. The molecule has 2 aromatic rings. The number of rotatable bonds is 3. The zero-order chi connectivity index (χ0) is 10.7. The Morgan fingerprint density at radius 2 is 2.27 bits per heavy atom. The Morgan fingerprint density at radius 1 is 1.40 bits per heavy atom. The predicted octanol–water partition coefficient (Wildman–Crippen LogP) is 2.71. The Hall–Kier alpha value is -1.55. The van der Waals surface area contributed by atoms with Gasteiger partial charge in [0.2, 0.25) is 0 Å². The molecule has 0 aliphatic rings. The third-order valence-electron chi connectivity index (χ3n) is 1.98. The second-order valence-corrected chi connectivity index (χ2v) is 3.78. The minimum Gasteiger partial charge on any atom is -0.292 e. The van der Waals surface area contributed by atoms with Crippen molar-refractivity contribution < 1.29 is 9.18 Å². The zero-order valence-corrected chi connectivity index (χ0v) is 8.63. The molecule has 0 saturated heterocycles. The van der Waals surface area contributed by atoms with Crippen LogP contribution in [0.2, 0.25) is 0 Å². The molecule has 76 valence electrons. The summed E-state index contributed by atoms with van der Waals surface area (Å²) in [7, 11) is 0. The quantitative estimate of drug-likeness (QED) is 0.746. The minimum atomic E-state index is -0.321. The lowest BCUT2D eigenvalue weighted by molar-refractivity contribution is 0.0989. The van der Waals surface area contributed by atoms with Crippen LogP contribution in [0.15, 0.2) is 35.7 Å². The summed E-state index contributed by atoms with van der Waals surface area (Å²) in [5.41, 5.74) is 1.12. The summed E-state index contributed by atoms with van der Waals surface area (Å²) in [4.78, 5) is 11.6. The van der Waals surface area contributed by atoms with Crippen LogP contribution in [0.1, 0.15) is 16.1 Å². The van der Waals surface area contributed by atoms with E-state index >= 15 is 0 Å². The molecule has 0 N–H and O–H groups in total. The number of aromatic nitrogens is 1. The summed E-state index contributed by atoms with van der Waals surface area (Å²) in [6, 6.07) is 7.72. The van der Waals surface area contributed by atoms with E-state index in [9.17, 15) is 9.18 Å². The lowest BCUT2D eigenvalue weighted by Crippen LogP contribution is -2.03. The fourth-order valence-electron chi connectivity index (χ4n) is 1.28. The van der Waals surface area contributed by atoms with Crippen molar-refractivity contribution in [2.45, 2.75) is 6.42 Å².